The second kappa shape index (κ2) is 11.5. The number of carbonyl (C=O) groups excluding carboxylic acids is 2. The normalized spacial score (nSPS) is 18.3. The van der Waals surface area contributed by atoms with Crippen molar-refractivity contribution in [3.8, 4) is 11.1 Å². The van der Waals surface area contributed by atoms with Crippen molar-refractivity contribution in [2.24, 2.45) is 0 Å². The minimum Gasteiger partial charge on any atom is -0.444 e. The summed E-state index contributed by atoms with van der Waals surface area (Å²) in [5.41, 5.74) is 3.52. The van der Waals surface area contributed by atoms with Gasteiger partial charge in [-0.15, -0.1) is 0 Å². The fraction of sp³-hybridized carbons (Fsp3) is 0.417. The minimum atomic E-state index is -3.97. The van der Waals surface area contributed by atoms with Crippen LogP contribution in [0.25, 0.3) is 22.2 Å². The first kappa shape index (κ1) is 31.4. The van der Waals surface area contributed by atoms with E-state index >= 15 is 0 Å². The van der Waals surface area contributed by atoms with Gasteiger partial charge in [0, 0.05) is 62.5 Å². The van der Waals surface area contributed by atoms with Crippen molar-refractivity contribution >= 4 is 38.7 Å². The molecule has 0 atom stereocenters. The predicted octanol–water partition coefficient (Wildman–Crippen LogP) is 5.78. The van der Waals surface area contributed by atoms with E-state index in [-0.39, 0.29) is 16.9 Å². The average molecular weight is 656 g/mol. The smallest absolute Gasteiger partial charge is 0.410 e. The number of pyridine rings is 1. The molecule has 2 fully saturated rings. The number of likely N-dealkylation sites (N-methyl/N-ethyl adjacent to an activating group) is 1. The highest BCUT2D eigenvalue weighted by atomic mass is 32.2. The Morgan fingerprint density at radius 3 is 2.26 bits per heavy atom. The summed E-state index contributed by atoms with van der Waals surface area (Å²) in [5.74, 6) is 0.0611. The highest BCUT2D eigenvalue weighted by molar-refractivity contribution is 7.90. The van der Waals surface area contributed by atoms with Crippen molar-refractivity contribution in [1.82, 2.24) is 18.8 Å². The van der Waals surface area contributed by atoms with Gasteiger partial charge >= 0.3 is 6.09 Å². The Morgan fingerprint density at radius 1 is 0.957 bits per heavy atom. The Kier molecular flexibility index (Phi) is 7.67. The maximum Gasteiger partial charge on any atom is 0.410 e. The lowest BCUT2D eigenvalue weighted by Crippen LogP contribution is -2.49. The standard InChI is InChI=1S/C36H41N5O5S/c1-35(2,3)46-34(43)40-20-18-39(19-21-40)23-25-12-14-26(15-13-25)28-24-41(47(44,45)27-10-6-5-7-11-27)32-30(28)31-29(22-37-32)38(4)33(42)36(31)16-8-9-17-36/h5-7,10-15,22,24H,8-9,16-21,23H2,1-4H3. The number of anilines is 1. The number of fused-ring (bicyclic) bond motifs is 4. The fourth-order valence-electron chi connectivity index (χ4n) is 7.45. The lowest BCUT2D eigenvalue weighted by Gasteiger charge is -2.35. The molecular weight excluding hydrogens is 614 g/mol. The summed E-state index contributed by atoms with van der Waals surface area (Å²) < 4.78 is 34.9. The van der Waals surface area contributed by atoms with Gasteiger partial charge in [0.2, 0.25) is 5.91 Å². The number of aromatic nitrogens is 2. The van der Waals surface area contributed by atoms with Crippen molar-refractivity contribution in [2.75, 3.05) is 38.1 Å². The first-order chi connectivity index (χ1) is 22.4. The fourth-order valence-corrected chi connectivity index (χ4v) is 8.78. The molecule has 2 amide bonds. The highest BCUT2D eigenvalue weighted by Crippen LogP contribution is 2.54. The van der Waals surface area contributed by atoms with Crippen LogP contribution in [-0.2, 0) is 31.5 Å². The van der Waals surface area contributed by atoms with Gasteiger partial charge in [0.25, 0.3) is 10.0 Å². The topological polar surface area (TPSA) is 105 Å². The van der Waals surface area contributed by atoms with E-state index in [0.717, 1.165) is 78.6 Å². The lowest BCUT2D eigenvalue weighted by molar-refractivity contribution is -0.122. The second-order valence-corrected chi connectivity index (χ2v) is 15.8. The molecule has 2 aliphatic heterocycles. The van der Waals surface area contributed by atoms with Gasteiger partial charge in [-0.25, -0.2) is 22.2 Å². The molecule has 2 aromatic heterocycles. The van der Waals surface area contributed by atoms with Crippen LogP contribution in [0.5, 0.6) is 0 Å². The van der Waals surface area contributed by atoms with E-state index in [4.69, 9.17) is 9.72 Å². The Bertz CT molecular complexity index is 1950. The van der Waals surface area contributed by atoms with Gasteiger partial charge in [0.1, 0.15) is 5.60 Å². The molecule has 0 N–H and O–H groups in total. The van der Waals surface area contributed by atoms with Crippen molar-refractivity contribution < 1.29 is 22.7 Å². The SMILES string of the molecule is CN1C(=O)C2(CCCC2)c2c1cnc1c2c(-c2ccc(CN3CCN(C(=O)OC(C)(C)C)CC3)cc2)cn1S(=O)(=O)c1ccccc1. The summed E-state index contributed by atoms with van der Waals surface area (Å²) in [7, 11) is -2.18. The van der Waals surface area contributed by atoms with Crippen molar-refractivity contribution in [1.29, 1.82) is 0 Å². The third kappa shape index (κ3) is 5.39. The van der Waals surface area contributed by atoms with Crippen LogP contribution in [-0.4, -0.2) is 78.0 Å². The minimum absolute atomic E-state index is 0.0611. The molecule has 11 heteroatoms. The molecule has 0 bridgehead atoms. The largest absolute Gasteiger partial charge is 0.444 e. The molecule has 3 aliphatic rings. The molecule has 0 unspecified atom stereocenters. The molecule has 47 heavy (non-hydrogen) atoms. The van der Waals surface area contributed by atoms with E-state index < -0.39 is 21.0 Å². The van der Waals surface area contributed by atoms with Crippen LogP contribution in [0.2, 0.25) is 0 Å². The van der Waals surface area contributed by atoms with Crippen LogP contribution in [0.1, 0.15) is 57.6 Å². The van der Waals surface area contributed by atoms with E-state index in [9.17, 15) is 18.0 Å². The van der Waals surface area contributed by atoms with Gasteiger partial charge in [-0.2, -0.15) is 0 Å². The van der Waals surface area contributed by atoms with Crippen LogP contribution >= 0.6 is 0 Å². The van der Waals surface area contributed by atoms with Gasteiger partial charge in [0.05, 0.1) is 22.2 Å². The maximum absolute atomic E-state index is 14.1. The molecule has 1 saturated carbocycles. The Labute approximate surface area is 276 Å². The van der Waals surface area contributed by atoms with Gasteiger partial charge in [-0.05, 0) is 56.9 Å². The molecule has 0 radical (unpaired) electrons. The number of hydrogen-bond acceptors (Lipinski definition) is 7. The second-order valence-electron chi connectivity index (χ2n) is 14.0. The first-order valence-corrected chi connectivity index (χ1v) is 17.8. The summed E-state index contributed by atoms with van der Waals surface area (Å²) in [6, 6.07) is 16.6. The molecule has 1 aliphatic carbocycles. The zero-order valence-corrected chi connectivity index (χ0v) is 28.2. The van der Waals surface area contributed by atoms with Crippen molar-refractivity contribution in [3.05, 3.63) is 78.1 Å². The number of rotatable bonds is 5. The Morgan fingerprint density at radius 2 is 1.62 bits per heavy atom. The molecule has 4 aromatic rings. The third-order valence-corrected chi connectivity index (χ3v) is 11.4. The Hall–Kier alpha value is -4.22. The van der Waals surface area contributed by atoms with E-state index in [2.05, 4.69) is 17.0 Å². The quantitative estimate of drug-likeness (QED) is 0.268. The molecule has 246 valence electrons. The van der Waals surface area contributed by atoms with E-state index in [1.165, 1.54) is 3.97 Å². The molecule has 1 saturated heterocycles. The monoisotopic (exact) mass is 655 g/mol. The van der Waals surface area contributed by atoms with E-state index in [1.807, 2.05) is 32.9 Å². The van der Waals surface area contributed by atoms with Gasteiger partial charge in [-0.1, -0.05) is 55.3 Å². The van der Waals surface area contributed by atoms with Crippen LogP contribution in [0.4, 0.5) is 10.5 Å². The third-order valence-electron chi connectivity index (χ3n) is 9.77. The molecular formula is C36H41N5O5S. The number of hydrogen-bond donors (Lipinski definition) is 0. The number of piperazine rings is 1. The summed E-state index contributed by atoms with van der Waals surface area (Å²) in [6.45, 7) is 9.05. The number of carbonyl (C=O) groups is 2. The number of benzene rings is 2. The highest BCUT2D eigenvalue weighted by Gasteiger charge is 2.53. The van der Waals surface area contributed by atoms with Crippen molar-refractivity contribution in [3.63, 3.8) is 0 Å². The summed E-state index contributed by atoms with van der Waals surface area (Å²) in [6.07, 6.45) is 6.43. The molecule has 1 spiro atoms. The molecule has 7 rings (SSSR count). The molecule has 4 heterocycles. The van der Waals surface area contributed by atoms with E-state index in [1.54, 1.807) is 59.6 Å². The number of ether oxygens (including phenoxy) is 1. The van der Waals surface area contributed by atoms with E-state index in [0.29, 0.717) is 18.7 Å². The van der Waals surface area contributed by atoms with Crippen LogP contribution < -0.4 is 4.90 Å². The van der Waals surface area contributed by atoms with Crippen LogP contribution in [0.15, 0.2) is 71.9 Å². The van der Waals surface area contributed by atoms with Crippen molar-refractivity contribution in [2.45, 2.75) is 68.9 Å². The number of nitrogens with zero attached hydrogens (tertiary/aromatic N) is 5. The van der Waals surface area contributed by atoms with Gasteiger partial charge in [0.15, 0.2) is 5.65 Å². The molecule has 10 nitrogen and oxygen atoms in total. The maximum atomic E-state index is 14.1. The van der Waals surface area contributed by atoms with Crippen LogP contribution in [0.3, 0.4) is 0 Å². The summed E-state index contributed by atoms with van der Waals surface area (Å²) in [4.78, 5) is 37.0. The average Bonchev–Trinajstić information content (AvgIpc) is 3.75. The lowest BCUT2D eigenvalue weighted by atomic mass is 9.78. The summed E-state index contributed by atoms with van der Waals surface area (Å²) in [5, 5.41) is 0.729. The van der Waals surface area contributed by atoms with Gasteiger partial charge in [-0.3, -0.25) is 9.69 Å². The first-order valence-electron chi connectivity index (χ1n) is 16.3. The zero-order chi connectivity index (χ0) is 33.1. The van der Waals surface area contributed by atoms with Gasteiger partial charge < -0.3 is 14.5 Å². The predicted molar refractivity (Wildman–Crippen MR) is 181 cm³/mol. The molecule has 2 aromatic carbocycles. The summed E-state index contributed by atoms with van der Waals surface area (Å²) >= 11 is 0. The number of amides is 2. The zero-order valence-electron chi connectivity index (χ0n) is 27.4. The Balaban J connectivity index is 1.24. The van der Waals surface area contributed by atoms with Crippen LogP contribution in [0, 0.1) is 0 Å².